The third-order valence-electron chi connectivity index (χ3n) is 7.30. The zero-order chi connectivity index (χ0) is 26.6. The number of carbonyl (C=O) groups is 1. The van der Waals surface area contributed by atoms with Crippen molar-refractivity contribution < 1.29 is 31.8 Å². The number of fused-ring (bicyclic) bond motifs is 3. The minimum absolute atomic E-state index is 0.00476. The molecule has 1 aromatic carbocycles. The van der Waals surface area contributed by atoms with Gasteiger partial charge in [-0.1, -0.05) is 6.07 Å². The van der Waals surface area contributed by atoms with Crippen LogP contribution < -0.4 is 20.1 Å². The summed E-state index contributed by atoms with van der Waals surface area (Å²) in [5.41, 5.74) is 3.04. The maximum Gasteiger partial charge on any atom is 0.401 e. The fourth-order valence-electron chi connectivity index (χ4n) is 5.23. The summed E-state index contributed by atoms with van der Waals surface area (Å²) in [6, 6.07) is 5.84. The summed E-state index contributed by atoms with van der Waals surface area (Å²) < 4.78 is 64.3. The fraction of sp³-hybridized carbons (Fsp3) is 0.385. The van der Waals surface area contributed by atoms with Crippen LogP contribution in [0.15, 0.2) is 36.7 Å². The van der Waals surface area contributed by atoms with Gasteiger partial charge in [-0.05, 0) is 31.0 Å². The number of benzene rings is 1. The predicted octanol–water partition coefficient (Wildman–Crippen LogP) is 4.58. The first kappa shape index (κ1) is 24.5. The van der Waals surface area contributed by atoms with Gasteiger partial charge in [-0.25, -0.2) is 4.39 Å². The fourth-order valence-corrected chi connectivity index (χ4v) is 5.23. The first-order valence-corrected chi connectivity index (χ1v) is 12.3. The summed E-state index contributed by atoms with van der Waals surface area (Å²) in [7, 11) is 1.36. The third kappa shape index (κ3) is 4.42. The van der Waals surface area contributed by atoms with Gasteiger partial charge in [-0.15, -0.1) is 0 Å². The van der Waals surface area contributed by atoms with E-state index in [0.717, 1.165) is 12.1 Å². The van der Waals surface area contributed by atoms with E-state index in [4.69, 9.17) is 9.47 Å². The quantitative estimate of drug-likeness (QED) is 0.369. The minimum Gasteiger partial charge on any atom is -0.492 e. The Bertz CT molecular complexity index is 1390. The van der Waals surface area contributed by atoms with E-state index < -0.39 is 18.5 Å². The highest BCUT2D eigenvalue weighted by atomic mass is 19.4. The number of aromatic nitrogens is 2. The monoisotopic (exact) mass is 531 g/mol. The van der Waals surface area contributed by atoms with Crippen molar-refractivity contribution in [2.45, 2.75) is 37.0 Å². The molecular formula is C26H25F4N5O3. The highest BCUT2D eigenvalue weighted by Crippen LogP contribution is 2.51. The molecule has 1 aliphatic carbocycles. The molecule has 0 bridgehead atoms. The number of para-hydroxylation sites is 1. The van der Waals surface area contributed by atoms with Gasteiger partial charge in [0.15, 0.2) is 11.6 Å². The molecule has 2 fully saturated rings. The molecule has 4 heterocycles. The number of H-pyrrole nitrogens is 1. The number of hydrogen-bond donors (Lipinski definition) is 3. The van der Waals surface area contributed by atoms with Crippen LogP contribution in [0.25, 0.3) is 11.3 Å². The molecule has 3 N–H and O–H groups in total. The lowest BCUT2D eigenvalue weighted by atomic mass is 10.0. The third-order valence-corrected chi connectivity index (χ3v) is 7.30. The Morgan fingerprint density at radius 2 is 2.11 bits per heavy atom. The Morgan fingerprint density at radius 1 is 1.26 bits per heavy atom. The number of rotatable bonds is 8. The first-order chi connectivity index (χ1) is 18.2. The van der Waals surface area contributed by atoms with E-state index in [9.17, 15) is 22.4 Å². The maximum absolute atomic E-state index is 14.4. The summed E-state index contributed by atoms with van der Waals surface area (Å²) in [5, 5.41) is 6.18. The number of likely N-dealkylation sites (tertiary alicyclic amines) is 1. The van der Waals surface area contributed by atoms with Gasteiger partial charge >= 0.3 is 6.18 Å². The predicted molar refractivity (Wildman–Crippen MR) is 130 cm³/mol. The molecule has 38 heavy (non-hydrogen) atoms. The van der Waals surface area contributed by atoms with E-state index in [1.54, 1.807) is 18.3 Å². The van der Waals surface area contributed by atoms with E-state index >= 15 is 0 Å². The van der Waals surface area contributed by atoms with Gasteiger partial charge in [0.1, 0.15) is 12.4 Å². The second kappa shape index (κ2) is 9.19. The van der Waals surface area contributed by atoms with Crippen LogP contribution in [0.5, 0.6) is 11.5 Å². The average molecular weight is 532 g/mol. The number of methoxy groups -OCH3 is 1. The lowest BCUT2D eigenvalue weighted by Gasteiger charge is -2.40. The summed E-state index contributed by atoms with van der Waals surface area (Å²) in [4.78, 5) is 21.9. The first-order valence-electron chi connectivity index (χ1n) is 12.3. The number of alkyl halides is 3. The van der Waals surface area contributed by atoms with E-state index in [1.807, 2.05) is 0 Å². The van der Waals surface area contributed by atoms with E-state index in [-0.39, 0.29) is 36.3 Å². The number of carbonyl (C=O) groups excluding carboxylic acids is 1. The normalized spacial score (nSPS) is 22.1. The standard InChI is InChI=1S/C26H25F4N5O3/c1-37-24-16(27)3-2-4-17(24)32-23-20-21(15-9-18(15)33-25(20)36)34-22(23)14-5-7-31-10-19(14)38-11-13-6-8-35(13)12-26(28,29)30/h2-5,7,10,13,15,18,32,34H,6,8-9,11-12H2,1H3,(H,33,36). The van der Waals surface area contributed by atoms with Crippen LogP contribution in [-0.4, -0.2) is 65.8 Å². The molecule has 12 heteroatoms. The van der Waals surface area contributed by atoms with E-state index in [0.29, 0.717) is 46.9 Å². The zero-order valence-corrected chi connectivity index (χ0v) is 20.4. The zero-order valence-electron chi connectivity index (χ0n) is 20.4. The number of aromatic amines is 1. The van der Waals surface area contributed by atoms with Gasteiger partial charge in [-0.2, -0.15) is 13.2 Å². The molecule has 8 nitrogen and oxygen atoms in total. The van der Waals surface area contributed by atoms with Gasteiger partial charge < -0.3 is 25.1 Å². The number of hydrogen-bond acceptors (Lipinski definition) is 6. The van der Waals surface area contributed by atoms with Gasteiger partial charge in [0.25, 0.3) is 5.91 Å². The molecule has 1 amide bonds. The van der Waals surface area contributed by atoms with Crippen LogP contribution in [0.3, 0.4) is 0 Å². The molecule has 3 unspecified atom stereocenters. The van der Waals surface area contributed by atoms with Crippen molar-refractivity contribution in [1.29, 1.82) is 0 Å². The van der Waals surface area contributed by atoms with Gasteiger partial charge in [0, 0.05) is 42.0 Å². The number of pyridine rings is 1. The molecule has 6 rings (SSSR count). The minimum atomic E-state index is -4.28. The molecule has 2 aliphatic heterocycles. The van der Waals surface area contributed by atoms with Crippen LogP contribution in [0, 0.1) is 5.82 Å². The van der Waals surface area contributed by atoms with Gasteiger partial charge in [0.2, 0.25) is 0 Å². The lowest BCUT2D eigenvalue weighted by Crippen LogP contribution is -2.54. The van der Waals surface area contributed by atoms with Crippen LogP contribution in [0.4, 0.5) is 28.9 Å². The van der Waals surface area contributed by atoms with Crippen molar-refractivity contribution in [3.05, 3.63) is 53.7 Å². The number of nitrogens with zero attached hydrogens (tertiary/aromatic N) is 2. The second-order valence-electron chi connectivity index (χ2n) is 9.74. The van der Waals surface area contributed by atoms with Crippen molar-refractivity contribution in [3.63, 3.8) is 0 Å². The summed E-state index contributed by atoms with van der Waals surface area (Å²) >= 11 is 0. The Hall–Kier alpha value is -3.80. The smallest absolute Gasteiger partial charge is 0.401 e. The van der Waals surface area contributed by atoms with Gasteiger partial charge in [0.05, 0.1) is 42.5 Å². The molecular weight excluding hydrogens is 506 g/mol. The molecule has 1 saturated heterocycles. The lowest BCUT2D eigenvalue weighted by molar-refractivity contribution is -0.163. The number of halogens is 4. The number of nitrogens with one attached hydrogen (secondary N) is 3. The van der Waals surface area contributed by atoms with Crippen LogP contribution in [0.2, 0.25) is 0 Å². The molecule has 200 valence electrons. The summed E-state index contributed by atoms with van der Waals surface area (Å²) in [5.74, 6) is -0.342. The largest absolute Gasteiger partial charge is 0.492 e. The Balaban J connectivity index is 1.36. The van der Waals surface area contributed by atoms with Crippen molar-refractivity contribution in [3.8, 4) is 22.8 Å². The molecule has 3 aromatic rings. The molecule has 0 radical (unpaired) electrons. The van der Waals surface area contributed by atoms with Gasteiger partial charge in [-0.3, -0.25) is 14.7 Å². The topological polar surface area (TPSA) is 91.5 Å². The van der Waals surface area contributed by atoms with Crippen LogP contribution >= 0.6 is 0 Å². The van der Waals surface area contributed by atoms with Crippen molar-refractivity contribution in [2.24, 2.45) is 0 Å². The van der Waals surface area contributed by atoms with E-state index in [2.05, 4.69) is 20.6 Å². The SMILES string of the molecule is COc1c(F)cccc1Nc1c(-c2ccncc2OCC2CCN2CC(F)(F)F)[nH]c2c1C(=O)NC1CC21. The Morgan fingerprint density at radius 3 is 2.84 bits per heavy atom. The highest BCUT2D eigenvalue weighted by Gasteiger charge is 2.48. The average Bonchev–Trinajstić information content (AvgIpc) is 3.54. The molecule has 3 atom stereocenters. The maximum atomic E-state index is 14.4. The van der Waals surface area contributed by atoms with E-state index in [1.165, 1.54) is 30.3 Å². The Labute approximate surface area is 215 Å². The summed E-state index contributed by atoms with van der Waals surface area (Å²) in [6.45, 7) is -0.565. The number of anilines is 2. The highest BCUT2D eigenvalue weighted by molar-refractivity contribution is 6.07. The number of ether oxygens (including phenoxy) is 2. The molecule has 1 saturated carbocycles. The van der Waals surface area contributed by atoms with Crippen molar-refractivity contribution >= 4 is 17.3 Å². The van der Waals surface area contributed by atoms with Crippen molar-refractivity contribution in [2.75, 3.05) is 32.1 Å². The summed E-state index contributed by atoms with van der Waals surface area (Å²) in [6.07, 6.45) is 0.180. The molecule has 0 spiro atoms. The second-order valence-corrected chi connectivity index (χ2v) is 9.74. The van der Waals surface area contributed by atoms with Crippen LogP contribution in [0.1, 0.15) is 34.8 Å². The van der Waals surface area contributed by atoms with Crippen LogP contribution in [-0.2, 0) is 0 Å². The van der Waals surface area contributed by atoms with Crippen molar-refractivity contribution in [1.82, 2.24) is 20.2 Å². The number of amides is 1. The Kier molecular flexibility index (Phi) is 5.93. The molecule has 3 aliphatic rings. The molecule has 2 aromatic heterocycles.